The van der Waals surface area contributed by atoms with Crippen molar-refractivity contribution in [2.24, 2.45) is 0 Å². The largest absolute Gasteiger partial charge is 0.482 e. The highest BCUT2D eigenvalue weighted by atomic mass is 35.5. The number of carbonyl (C=O) groups excluding carboxylic acids is 1. The summed E-state index contributed by atoms with van der Waals surface area (Å²) in [5.41, 5.74) is 2.86. The van der Waals surface area contributed by atoms with E-state index in [9.17, 15) is 4.79 Å². The normalized spacial score (nSPS) is 15.0. The molecule has 0 saturated heterocycles. The molecular weight excluding hydrogens is 300 g/mol. The molecular formula is C17H17ClN2O2. The van der Waals surface area contributed by atoms with E-state index >= 15 is 0 Å². The number of likely N-dealkylation sites (N-methyl/N-ethyl adjacent to an activating group) is 1. The van der Waals surface area contributed by atoms with Crippen LogP contribution in [-0.2, 0) is 4.79 Å². The Labute approximate surface area is 134 Å². The van der Waals surface area contributed by atoms with Crippen LogP contribution in [0.5, 0.6) is 5.75 Å². The minimum atomic E-state index is -0.0459. The molecule has 0 spiro atoms. The van der Waals surface area contributed by atoms with Gasteiger partial charge in [0.15, 0.2) is 6.61 Å². The van der Waals surface area contributed by atoms with E-state index in [2.05, 4.69) is 12.2 Å². The molecule has 0 aromatic heterocycles. The van der Waals surface area contributed by atoms with Crippen molar-refractivity contribution in [2.75, 3.05) is 23.9 Å². The molecule has 1 N–H and O–H groups in total. The summed E-state index contributed by atoms with van der Waals surface area (Å²) < 4.78 is 5.43. The van der Waals surface area contributed by atoms with Gasteiger partial charge < -0.3 is 15.0 Å². The van der Waals surface area contributed by atoms with Crippen molar-refractivity contribution in [3.63, 3.8) is 0 Å². The predicted octanol–water partition coefficient (Wildman–Crippen LogP) is 3.87. The lowest BCUT2D eigenvalue weighted by molar-refractivity contribution is -0.120. The highest BCUT2D eigenvalue weighted by Gasteiger charge is 2.22. The number of anilines is 2. The Morgan fingerprint density at radius 2 is 1.95 bits per heavy atom. The second-order valence-electron chi connectivity index (χ2n) is 5.34. The summed E-state index contributed by atoms with van der Waals surface area (Å²) in [6, 6.07) is 13.6. The van der Waals surface area contributed by atoms with Crippen LogP contribution >= 0.6 is 11.6 Å². The van der Waals surface area contributed by atoms with E-state index in [4.69, 9.17) is 16.3 Å². The minimum Gasteiger partial charge on any atom is -0.482 e. The van der Waals surface area contributed by atoms with Gasteiger partial charge in [0.25, 0.3) is 5.91 Å². The van der Waals surface area contributed by atoms with Gasteiger partial charge in [-0.25, -0.2) is 0 Å². The zero-order valence-corrected chi connectivity index (χ0v) is 13.2. The summed E-state index contributed by atoms with van der Waals surface area (Å²) >= 11 is 5.91. The maximum absolute atomic E-state index is 11.7. The molecule has 1 unspecified atom stereocenters. The molecule has 0 fully saturated rings. The predicted molar refractivity (Wildman–Crippen MR) is 88.8 cm³/mol. The number of ether oxygens (including phenoxy) is 1. The second kappa shape index (κ2) is 5.89. The van der Waals surface area contributed by atoms with Crippen LogP contribution in [-0.4, -0.2) is 19.6 Å². The molecule has 0 aliphatic carbocycles. The first-order chi connectivity index (χ1) is 10.5. The Bertz CT molecular complexity index is 700. The smallest absolute Gasteiger partial charge is 0.264 e. The van der Waals surface area contributed by atoms with Gasteiger partial charge in [0.2, 0.25) is 0 Å². The van der Waals surface area contributed by atoms with Crippen molar-refractivity contribution >= 4 is 28.9 Å². The number of fused-ring (bicyclic) bond motifs is 1. The van der Waals surface area contributed by atoms with Crippen molar-refractivity contribution in [3.05, 3.63) is 53.1 Å². The molecule has 114 valence electrons. The third-order valence-corrected chi connectivity index (χ3v) is 4.05. The zero-order valence-electron chi connectivity index (χ0n) is 12.5. The zero-order chi connectivity index (χ0) is 15.7. The monoisotopic (exact) mass is 316 g/mol. The lowest BCUT2D eigenvalue weighted by atomic mass is 10.1. The number of halogens is 1. The Morgan fingerprint density at radius 1 is 1.23 bits per heavy atom. The summed E-state index contributed by atoms with van der Waals surface area (Å²) in [5, 5.41) is 4.15. The van der Waals surface area contributed by atoms with Crippen LogP contribution in [0.2, 0.25) is 5.02 Å². The third-order valence-electron chi connectivity index (χ3n) is 3.80. The van der Waals surface area contributed by atoms with Crippen LogP contribution in [0.15, 0.2) is 42.5 Å². The van der Waals surface area contributed by atoms with Crippen molar-refractivity contribution in [1.29, 1.82) is 0 Å². The van der Waals surface area contributed by atoms with Gasteiger partial charge in [-0.2, -0.15) is 0 Å². The number of hydrogen-bond acceptors (Lipinski definition) is 3. The van der Waals surface area contributed by atoms with E-state index in [0.29, 0.717) is 0 Å². The van der Waals surface area contributed by atoms with Crippen molar-refractivity contribution in [1.82, 2.24) is 0 Å². The molecule has 1 amide bonds. The maximum Gasteiger partial charge on any atom is 0.264 e. The first-order valence-corrected chi connectivity index (χ1v) is 7.48. The molecule has 1 aliphatic rings. The van der Waals surface area contributed by atoms with E-state index in [-0.39, 0.29) is 18.6 Å². The van der Waals surface area contributed by atoms with E-state index in [1.807, 2.05) is 42.5 Å². The van der Waals surface area contributed by atoms with Crippen molar-refractivity contribution in [2.45, 2.75) is 13.0 Å². The fourth-order valence-corrected chi connectivity index (χ4v) is 2.57. The van der Waals surface area contributed by atoms with E-state index in [0.717, 1.165) is 27.7 Å². The van der Waals surface area contributed by atoms with Crippen LogP contribution in [0.4, 0.5) is 11.4 Å². The lowest BCUT2D eigenvalue weighted by Crippen LogP contribution is -2.35. The second-order valence-corrected chi connectivity index (χ2v) is 5.78. The number of nitrogens with one attached hydrogen (secondary N) is 1. The molecule has 3 rings (SSSR count). The summed E-state index contributed by atoms with van der Waals surface area (Å²) in [6.45, 7) is 2.17. The Morgan fingerprint density at radius 3 is 2.68 bits per heavy atom. The van der Waals surface area contributed by atoms with Crippen LogP contribution in [0.25, 0.3) is 0 Å². The summed E-state index contributed by atoms with van der Waals surface area (Å²) in [4.78, 5) is 13.3. The van der Waals surface area contributed by atoms with Gasteiger partial charge in [0.1, 0.15) is 5.75 Å². The number of benzene rings is 2. The van der Waals surface area contributed by atoms with Crippen molar-refractivity contribution < 1.29 is 9.53 Å². The SMILES string of the molecule is CC(Nc1ccc2c(c1)N(C)C(=O)CO2)c1ccc(Cl)cc1. The molecule has 0 radical (unpaired) electrons. The Kier molecular flexibility index (Phi) is 3.94. The molecule has 22 heavy (non-hydrogen) atoms. The first-order valence-electron chi connectivity index (χ1n) is 7.10. The van der Waals surface area contributed by atoms with Crippen LogP contribution < -0.4 is 15.0 Å². The summed E-state index contributed by atoms with van der Waals surface area (Å²) in [6.07, 6.45) is 0. The molecule has 2 aromatic rings. The Balaban J connectivity index is 1.81. The standard InChI is InChI=1S/C17H17ClN2O2/c1-11(12-3-5-13(18)6-4-12)19-14-7-8-16-15(9-14)20(2)17(21)10-22-16/h3-9,11,19H,10H2,1-2H3. The number of amides is 1. The summed E-state index contributed by atoms with van der Waals surface area (Å²) in [5.74, 6) is 0.683. The molecule has 1 atom stereocenters. The first kappa shape index (κ1) is 14.7. The van der Waals surface area contributed by atoms with Gasteiger partial charge >= 0.3 is 0 Å². The van der Waals surface area contributed by atoms with Gasteiger partial charge in [-0.3, -0.25) is 4.79 Å². The van der Waals surface area contributed by atoms with Gasteiger partial charge in [-0.15, -0.1) is 0 Å². The molecule has 0 bridgehead atoms. The molecule has 5 heteroatoms. The van der Waals surface area contributed by atoms with Crippen LogP contribution in [0.1, 0.15) is 18.5 Å². The summed E-state index contributed by atoms with van der Waals surface area (Å²) in [7, 11) is 1.76. The maximum atomic E-state index is 11.7. The van der Waals surface area contributed by atoms with Gasteiger partial charge in [-0.1, -0.05) is 23.7 Å². The number of hydrogen-bond donors (Lipinski definition) is 1. The number of rotatable bonds is 3. The molecule has 2 aromatic carbocycles. The molecule has 1 heterocycles. The average molecular weight is 317 g/mol. The molecule has 0 saturated carbocycles. The average Bonchev–Trinajstić information content (AvgIpc) is 2.52. The fourth-order valence-electron chi connectivity index (χ4n) is 2.45. The third kappa shape index (κ3) is 2.88. The topological polar surface area (TPSA) is 41.6 Å². The lowest BCUT2D eigenvalue weighted by Gasteiger charge is -2.27. The Hall–Kier alpha value is -2.20. The number of carbonyl (C=O) groups is 1. The van der Waals surface area contributed by atoms with Crippen LogP contribution in [0, 0.1) is 0 Å². The minimum absolute atomic E-state index is 0.0459. The van der Waals surface area contributed by atoms with Crippen molar-refractivity contribution in [3.8, 4) is 5.75 Å². The van der Waals surface area contributed by atoms with Gasteiger partial charge in [0, 0.05) is 23.8 Å². The highest BCUT2D eigenvalue weighted by Crippen LogP contribution is 2.34. The van der Waals surface area contributed by atoms with E-state index in [1.165, 1.54) is 0 Å². The highest BCUT2D eigenvalue weighted by molar-refractivity contribution is 6.30. The molecule has 4 nitrogen and oxygen atoms in total. The fraction of sp³-hybridized carbons (Fsp3) is 0.235. The van der Waals surface area contributed by atoms with Gasteiger partial charge in [0.05, 0.1) is 5.69 Å². The number of nitrogens with zero attached hydrogens (tertiary/aromatic N) is 1. The van der Waals surface area contributed by atoms with Gasteiger partial charge in [-0.05, 0) is 42.8 Å². The van der Waals surface area contributed by atoms with E-state index in [1.54, 1.807) is 11.9 Å². The van der Waals surface area contributed by atoms with Crippen LogP contribution in [0.3, 0.4) is 0 Å². The van der Waals surface area contributed by atoms with E-state index < -0.39 is 0 Å². The quantitative estimate of drug-likeness (QED) is 0.934. The molecule has 1 aliphatic heterocycles.